The fourth-order valence-electron chi connectivity index (χ4n) is 1.05. The molecule has 1 aromatic heterocycles. The zero-order valence-corrected chi connectivity index (χ0v) is 8.15. The van der Waals surface area contributed by atoms with E-state index >= 15 is 0 Å². The van der Waals surface area contributed by atoms with Crippen LogP contribution in [0.2, 0.25) is 0 Å². The van der Waals surface area contributed by atoms with E-state index in [1.165, 1.54) is 0 Å². The Morgan fingerprint density at radius 1 is 1.59 bits per heavy atom. The van der Waals surface area contributed by atoms with E-state index in [0.29, 0.717) is 0 Å². The number of rotatable bonds is 3. The van der Waals surface area contributed by atoms with Gasteiger partial charge in [-0.2, -0.15) is 5.26 Å². The second-order valence-electron chi connectivity index (χ2n) is 2.92. The van der Waals surface area contributed by atoms with E-state index in [0.717, 1.165) is 12.3 Å². The molecule has 1 heterocycles. The quantitative estimate of drug-likeness (QED) is 0.873. The summed E-state index contributed by atoms with van der Waals surface area (Å²) in [6.45, 7) is 0. The minimum Gasteiger partial charge on any atom is -0.481 e. The first-order valence-corrected chi connectivity index (χ1v) is 4.18. The van der Waals surface area contributed by atoms with E-state index in [1.54, 1.807) is 6.07 Å². The summed E-state index contributed by atoms with van der Waals surface area (Å²) >= 11 is 0. The van der Waals surface area contributed by atoms with E-state index < -0.39 is 24.6 Å². The highest BCUT2D eigenvalue weighted by molar-refractivity contribution is 5.71. The third kappa shape index (κ3) is 3.98. The minimum absolute atomic E-state index is 0.0456. The normalized spacial score (nSPS) is 10.7. The molecule has 1 aromatic rings. The second-order valence-corrected chi connectivity index (χ2v) is 2.92. The minimum atomic E-state index is -4.96. The van der Waals surface area contributed by atoms with Crippen molar-refractivity contribution in [3.63, 3.8) is 0 Å². The van der Waals surface area contributed by atoms with E-state index in [-0.39, 0.29) is 11.1 Å². The standard InChI is InChI=1S/C9H5F3N2O3/c10-9(11,12)17-8-6(2-7(15)16)1-5(3-13)4-14-8/h1,4H,2H2,(H,15,16). The van der Waals surface area contributed by atoms with Crippen LogP contribution in [0.25, 0.3) is 0 Å². The van der Waals surface area contributed by atoms with Crippen molar-refractivity contribution in [1.29, 1.82) is 5.26 Å². The molecule has 90 valence electrons. The van der Waals surface area contributed by atoms with Crippen LogP contribution in [-0.2, 0) is 11.2 Å². The SMILES string of the molecule is N#Cc1cnc(OC(F)(F)F)c(CC(=O)O)c1. The van der Waals surface area contributed by atoms with Gasteiger partial charge in [0.15, 0.2) is 0 Å². The lowest BCUT2D eigenvalue weighted by atomic mass is 10.1. The van der Waals surface area contributed by atoms with Crippen molar-refractivity contribution in [2.24, 2.45) is 0 Å². The number of nitrogens with zero attached hydrogens (tertiary/aromatic N) is 2. The number of carboxylic acid groups (broad SMARTS) is 1. The van der Waals surface area contributed by atoms with Crippen molar-refractivity contribution < 1.29 is 27.8 Å². The molecule has 0 saturated carbocycles. The molecule has 0 radical (unpaired) electrons. The van der Waals surface area contributed by atoms with Gasteiger partial charge in [-0.3, -0.25) is 4.79 Å². The third-order valence-corrected chi connectivity index (χ3v) is 1.61. The number of carboxylic acids is 1. The van der Waals surface area contributed by atoms with Crippen molar-refractivity contribution >= 4 is 5.97 Å². The van der Waals surface area contributed by atoms with Crippen LogP contribution in [0.4, 0.5) is 13.2 Å². The molecule has 5 nitrogen and oxygen atoms in total. The molecule has 0 aliphatic carbocycles. The van der Waals surface area contributed by atoms with Crippen molar-refractivity contribution in [1.82, 2.24) is 4.98 Å². The molecule has 0 aliphatic rings. The van der Waals surface area contributed by atoms with Crippen LogP contribution in [0, 0.1) is 11.3 Å². The molecule has 8 heteroatoms. The van der Waals surface area contributed by atoms with Crippen molar-refractivity contribution in [3.8, 4) is 11.9 Å². The summed E-state index contributed by atoms with van der Waals surface area (Å²) in [5, 5.41) is 17.0. The van der Waals surface area contributed by atoms with Crippen molar-refractivity contribution in [2.45, 2.75) is 12.8 Å². The summed E-state index contributed by atoms with van der Waals surface area (Å²) < 4.78 is 39.4. The highest BCUT2D eigenvalue weighted by atomic mass is 19.4. The lowest BCUT2D eigenvalue weighted by Crippen LogP contribution is -2.19. The third-order valence-electron chi connectivity index (χ3n) is 1.61. The molecule has 0 bridgehead atoms. The van der Waals surface area contributed by atoms with Gasteiger partial charge in [-0.05, 0) is 6.07 Å². The highest BCUT2D eigenvalue weighted by Crippen LogP contribution is 2.25. The van der Waals surface area contributed by atoms with Crippen LogP contribution in [0.5, 0.6) is 5.88 Å². The first kappa shape index (κ1) is 12.8. The number of nitriles is 1. The first-order chi connectivity index (χ1) is 7.81. The number of halogens is 3. The Balaban J connectivity index is 3.11. The van der Waals surface area contributed by atoms with Crippen LogP contribution in [0.15, 0.2) is 12.3 Å². The summed E-state index contributed by atoms with van der Waals surface area (Å²) in [6.07, 6.45) is -4.81. The number of alkyl halides is 3. The molecule has 0 fully saturated rings. The van der Waals surface area contributed by atoms with E-state index in [2.05, 4.69) is 9.72 Å². The average molecular weight is 246 g/mol. The van der Waals surface area contributed by atoms with Gasteiger partial charge in [-0.1, -0.05) is 0 Å². The lowest BCUT2D eigenvalue weighted by Gasteiger charge is -2.10. The molecule has 0 aliphatic heterocycles. The van der Waals surface area contributed by atoms with Gasteiger partial charge in [-0.25, -0.2) is 4.98 Å². The number of aromatic nitrogens is 1. The summed E-state index contributed by atoms with van der Waals surface area (Å²) in [5.74, 6) is -2.21. The van der Waals surface area contributed by atoms with Crippen LogP contribution >= 0.6 is 0 Å². The average Bonchev–Trinajstić information content (AvgIpc) is 2.17. The Hall–Kier alpha value is -2.30. The van der Waals surface area contributed by atoms with E-state index in [4.69, 9.17) is 10.4 Å². The maximum absolute atomic E-state index is 12.0. The van der Waals surface area contributed by atoms with E-state index in [9.17, 15) is 18.0 Å². The summed E-state index contributed by atoms with van der Waals surface area (Å²) in [7, 11) is 0. The molecule has 0 spiro atoms. The molecule has 1 N–H and O–H groups in total. The molecule has 0 atom stereocenters. The van der Waals surface area contributed by atoms with Gasteiger partial charge in [0.05, 0.1) is 12.0 Å². The topological polar surface area (TPSA) is 83.2 Å². The van der Waals surface area contributed by atoms with Crippen LogP contribution < -0.4 is 4.74 Å². The number of aliphatic carboxylic acids is 1. The Bertz CT molecular complexity index is 479. The lowest BCUT2D eigenvalue weighted by molar-refractivity contribution is -0.276. The van der Waals surface area contributed by atoms with Gasteiger partial charge in [0.1, 0.15) is 6.07 Å². The Morgan fingerprint density at radius 3 is 2.71 bits per heavy atom. The highest BCUT2D eigenvalue weighted by Gasteiger charge is 2.33. The van der Waals surface area contributed by atoms with Gasteiger partial charge in [0.2, 0.25) is 5.88 Å². The fourth-order valence-corrected chi connectivity index (χ4v) is 1.05. The Kier molecular flexibility index (Phi) is 3.52. The molecule has 0 saturated heterocycles. The van der Waals surface area contributed by atoms with Gasteiger partial charge in [0, 0.05) is 11.8 Å². The molecule has 0 amide bonds. The zero-order chi connectivity index (χ0) is 13.1. The maximum atomic E-state index is 12.0. The zero-order valence-electron chi connectivity index (χ0n) is 8.15. The predicted molar refractivity (Wildman–Crippen MR) is 47.0 cm³/mol. The van der Waals surface area contributed by atoms with Crippen molar-refractivity contribution in [2.75, 3.05) is 0 Å². The predicted octanol–water partition coefficient (Wildman–Crippen LogP) is 1.48. The largest absolute Gasteiger partial charge is 0.574 e. The smallest absolute Gasteiger partial charge is 0.481 e. The van der Waals surface area contributed by atoms with Crippen LogP contribution in [0.1, 0.15) is 11.1 Å². The molecule has 0 unspecified atom stereocenters. The van der Waals surface area contributed by atoms with Crippen LogP contribution in [0.3, 0.4) is 0 Å². The Labute approximate surface area is 93.1 Å². The summed E-state index contributed by atoms with van der Waals surface area (Å²) in [4.78, 5) is 13.7. The van der Waals surface area contributed by atoms with Gasteiger partial charge in [-0.15, -0.1) is 13.2 Å². The maximum Gasteiger partial charge on any atom is 0.574 e. The van der Waals surface area contributed by atoms with E-state index in [1.807, 2.05) is 0 Å². The number of hydrogen-bond donors (Lipinski definition) is 1. The molecule has 17 heavy (non-hydrogen) atoms. The second kappa shape index (κ2) is 4.69. The molecule has 0 aromatic carbocycles. The number of ether oxygens (including phenoxy) is 1. The fraction of sp³-hybridized carbons (Fsp3) is 0.222. The van der Waals surface area contributed by atoms with Gasteiger partial charge < -0.3 is 9.84 Å². The number of carbonyl (C=O) groups is 1. The van der Waals surface area contributed by atoms with Crippen molar-refractivity contribution in [3.05, 3.63) is 23.4 Å². The summed E-state index contributed by atoms with van der Waals surface area (Å²) in [6, 6.07) is 2.63. The number of hydrogen-bond acceptors (Lipinski definition) is 4. The van der Waals surface area contributed by atoms with Gasteiger partial charge >= 0.3 is 12.3 Å². The monoisotopic (exact) mass is 246 g/mol. The molecular weight excluding hydrogens is 241 g/mol. The summed E-state index contributed by atoms with van der Waals surface area (Å²) in [5.41, 5.74) is -0.357. The molecular formula is C9H5F3N2O3. The van der Waals surface area contributed by atoms with Gasteiger partial charge in [0.25, 0.3) is 0 Å². The molecule has 1 rings (SSSR count). The number of pyridine rings is 1. The Morgan fingerprint density at radius 2 is 2.24 bits per heavy atom. The van der Waals surface area contributed by atoms with Crippen LogP contribution in [-0.4, -0.2) is 22.4 Å². The first-order valence-electron chi connectivity index (χ1n) is 4.18.